The lowest BCUT2D eigenvalue weighted by molar-refractivity contribution is -0.915. The molecule has 0 spiro atoms. The number of hydrogen-bond acceptors (Lipinski definition) is 3. The third-order valence-electron chi connectivity index (χ3n) is 5.07. The van der Waals surface area contributed by atoms with Gasteiger partial charge in [0.05, 0.1) is 32.6 Å². The number of imide groups is 1. The van der Waals surface area contributed by atoms with Crippen LogP contribution in [0, 0.1) is 5.82 Å². The molecule has 2 saturated heterocycles. The van der Waals surface area contributed by atoms with E-state index in [-0.39, 0.29) is 23.7 Å². The van der Waals surface area contributed by atoms with E-state index in [9.17, 15) is 14.0 Å². The van der Waals surface area contributed by atoms with Crippen LogP contribution in [-0.2, 0) is 9.59 Å². The van der Waals surface area contributed by atoms with E-state index in [4.69, 9.17) is 0 Å². The zero-order chi connectivity index (χ0) is 17.1. The van der Waals surface area contributed by atoms with Gasteiger partial charge in [-0.25, -0.2) is 4.39 Å². The second-order valence-electron chi connectivity index (χ2n) is 6.62. The molecular formula is C18H25FN3O2+. The molecule has 130 valence electrons. The molecule has 0 unspecified atom stereocenters. The Morgan fingerprint density at radius 1 is 1.17 bits per heavy atom. The zero-order valence-corrected chi connectivity index (χ0v) is 14.1. The minimum absolute atomic E-state index is 0.00122. The molecule has 3 rings (SSSR count). The second-order valence-corrected chi connectivity index (χ2v) is 6.62. The smallest absolute Gasteiger partial charge is 0.288 e. The molecule has 0 aromatic heterocycles. The van der Waals surface area contributed by atoms with Gasteiger partial charge in [-0.05, 0) is 30.7 Å². The molecule has 1 atom stereocenters. The lowest BCUT2D eigenvalue weighted by atomic mass is 10.1. The zero-order valence-electron chi connectivity index (χ0n) is 14.1. The Balaban J connectivity index is 1.57. The van der Waals surface area contributed by atoms with Crippen molar-refractivity contribution in [2.45, 2.75) is 32.2 Å². The summed E-state index contributed by atoms with van der Waals surface area (Å²) < 4.78 is 13.0. The Morgan fingerprint density at radius 2 is 1.83 bits per heavy atom. The molecule has 2 fully saturated rings. The standard InChI is InChI=1S/C18H24FN3O2/c1-2-3-8-22-17(23)13-16(18(22)24)21-11-9-20(10-12-21)15-6-4-14(19)5-7-15/h4-7,16H,2-3,8-13H2,1H3/p+1/t16-/m0/s1. The molecule has 1 aromatic rings. The Hall–Kier alpha value is -1.95. The van der Waals surface area contributed by atoms with E-state index < -0.39 is 0 Å². The largest absolute Gasteiger partial charge is 0.360 e. The van der Waals surface area contributed by atoms with Gasteiger partial charge < -0.3 is 9.80 Å². The molecule has 1 aromatic carbocycles. The van der Waals surface area contributed by atoms with Gasteiger partial charge in [0.2, 0.25) is 5.91 Å². The van der Waals surface area contributed by atoms with Crippen molar-refractivity contribution in [3.05, 3.63) is 30.1 Å². The van der Waals surface area contributed by atoms with Gasteiger partial charge in [-0.2, -0.15) is 0 Å². The monoisotopic (exact) mass is 334 g/mol. The van der Waals surface area contributed by atoms with Crippen molar-refractivity contribution < 1.29 is 18.9 Å². The topological polar surface area (TPSA) is 45.1 Å². The maximum absolute atomic E-state index is 13.0. The number of anilines is 1. The fourth-order valence-corrected chi connectivity index (χ4v) is 3.61. The summed E-state index contributed by atoms with van der Waals surface area (Å²) in [5.41, 5.74) is 1.01. The van der Waals surface area contributed by atoms with E-state index >= 15 is 0 Å². The molecular weight excluding hydrogens is 309 g/mol. The molecule has 0 radical (unpaired) electrons. The normalized spacial score (nSPS) is 22.5. The first kappa shape index (κ1) is 16.9. The number of piperazine rings is 1. The summed E-state index contributed by atoms with van der Waals surface area (Å²) >= 11 is 0. The van der Waals surface area contributed by atoms with Gasteiger partial charge in [0, 0.05) is 12.2 Å². The molecule has 1 N–H and O–H groups in total. The van der Waals surface area contributed by atoms with Crippen molar-refractivity contribution in [2.75, 3.05) is 37.6 Å². The van der Waals surface area contributed by atoms with Gasteiger partial charge in [-0.1, -0.05) is 13.3 Å². The van der Waals surface area contributed by atoms with E-state index in [1.54, 1.807) is 12.1 Å². The van der Waals surface area contributed by atoms with Crippen LogP contribution in [0.25, 0.3) is 0 Å². The summed E-state index contributed by atoms with van der Waals surface area (Å²) in [4.78, 5) is 29.5. The van der Waals surface area contributed by atoms with Gasteiger partial charge in [0.1, 0.15) is 5.82 Å². The van der Waals surface area contributed by atoms with Crippen molar-refractivity contribution in [3.63, 3.8) is 0 Å². The SMILES string of the molecule is CCCCN1C(=O)C[C@H]([NH+]2CCN(c3ccc(F)cc3)CC2)C1=O. The van der Waals surface area contributed by atoms with E-state index in [0.29, 0.717) is 13.0 Å². The number of quaternary nitrogens is 1. The third kappa shape index (κ3) is 3.43. The van der Waals surface area contributed by atoms with Gasteiger partial charge in [-0.3, -0.25) is 14.5 Å². The number of hydrogen-bond donors (Lipinski definition) is 1. The number of rotatable bonds is 5. The maximum atomic E-state index is 13.0. The highest BCUT2D eigenvalue weighted by molar-refractivity contribution is 6.04. The Bertz CT molecular complexity index is 597. The van der Waals surface area contributed by atoms with E-state index in [1.807, 2.05) is 0 Å². The second kappa shape index (κ2) is 7.30. The number of benzene rings is 1. The molecule has 6 heteroatoms. The Kier molecular flexibility index (Phi) is 5.14. The van der Waals surface area contributed by atoms with Crippen LogP contribution in [0.2, 0.25) is 0 Å². The average molecular weight is 334 g/mol. The predicted molar refractivity (Wildman–Crippen MR) is 89.3 cm³/mol. The highest BCUT2D eigenvalue weighted by Gasteiger charge is 2.45. The predicted octanol–water partition coefficient (Wildman–Crippen LogP) is 0.458. The summed E-state index contributed by atoms with van der Waals surface area (Å²) in [5.74, 6) is -0.254. The van der Waals surface area contributed by atoms with Crippen molar-refractivity contribution in [3.8, 4) is 0 Å². The summed E-state index contributed by atoms with van der Waals surface area (Å²) in [6.07, 6.45) is 2.19. The van der Waals surface area contributed by atoms with Crippen LogP contribution in [0.5, 0.6) is 0 Å². The van der Waals surface area contributed by atoms with Crippen molar-refractivity contribution >= 4 is 17.5 Å². The summed E-state index contributed by atoms with van der Waals surface area (Å²) in [6.45, 7) is 5.88. The van der Waals surface area contributed by atoms with Gasteiger partial charge >= 0.3 is 0 Å². The van der Waals surface area contributed by atoms with Crippen LogP contribution in [0.1, 0.15) is 26.2 Å². The summed E-state index contributed by atoms with van der Waals surface area (Å²) in [5, 5.41) is 0. The quantitative estimate of drug-likeness (QED) is 0.796. The molecule has 24 heavy (non-hydrogen) atoms. The van der Waals surface area contributed by atoms with Crippen molar-refractivity contribution in [1.82, 2.24) is 4.90 Å². The average Bonchev–Trinajstić information content (AvgIpc) is 2.88. The van der Waals surface area contributed by atoms with Crippen molar-refractivity contribution in [2.24, 2.45) is 0 Å². The highest BCUT2D eigenvalue weighted by Crippen LogP contribution is 2.16. The van der Waals surface area contributed by atoms with E-state index in [0.717, 1.165) is 44.7 Å². The number of nitrogens with one attached hydrogen (secondary N) is 1. The lowest BCUT2D eigenvalue weighted by Gasteiger charge is -2.35. The Labute approximate surface area is 142 Å². The van der Waals surface area contributed by atoms with Crippen LogP contribution in [0.3, 0.4) is 0 Å². The van der Waals surface area contributed by atoms with Gasteiger partial charge in [0.25, 0.3) is 5.91 Å². The van der Waals surface area contributed by atoms with Gasteiger partial charge in [0.15, 0.2) is 6.04 Å². The summed E-state index contributed by atoms with van der Waals surface area (Å²) in [6, 6.07) is 6.30. The maximum Gasteiger partial charge on any atom is 0.288 e. The minimum atomic E-state index is -0.231. The molecule has 2 aliphatic heterocycles. The number of amides is 2. The fraction of sp³-hybridized carbons (Fsp3) is 0.556. The first-order valence-corrected chi connectivity index (χ1v) is 8.79. The van der Waals surface area contributed by atoms with Crippen LogP contribution < -0.4 is 9.80 Å². The van der Waals surface area contributed by atoms with Crippen LogP contribution in [0.4, 0.5) is 10.1 Å². The van der Waals surface area contributed by atoms with Crippen molar-refractivity contribution in [1.29, 1.82) is 0 Å². The Morgan fingerprint density at radius 3 is 2.46 bits per heavy atom. The lowest BCUT2D eigenvalue weighted by Crippen LogP contribution is -3.19. The van der Waals surface area contributed by atoms with Crippen LogP contribution in [0.15, 0.2) is 24.3 Å². The molecule has 2 heterocycles. The van der Waals surface area contributed by atoms with Crippen LogP contribution >= 0.6 is 0 Å². The number of unbranched alkanes of at least 4 members (excludes halogenated alkanes) is 1. The number of carbonyl (C=O) groups is 2. The van der Waals surface area contributed by atoms with E-state index in [2.05, 4.69) is 11.8 Å². The number of likely N-dealkylation sites (tertiary alicyclic amines) is 1. The number of carbonyl (C=O) groups excluding carboxylic acids is 2. The number of halogens is 1. The molecule has 2 aliphatic rings. The molecule has 0 aliphatic carbocycles. The minimum Gasteiger partial charge on any atom is -0.360 e. The summed E-state index contributed by atoms with van der Waals surface area (Å²) in [7, 11) is 0. The molecule has 0 bridgehead atoms. The molecule has 5 nitrogen and oxygen atoms in total. The highest BCUT2D eigenvalue weighted by atomic mass is 19.1. The first-order chi connectivity index (χ1) is 11.6. The van der Waals surface area contributed by atoms with E-state index in [1.165, 1.54) is 21.9 Å². The van der Waals surface area contributed by atoms with Crippen LogP contribution in [-0.4, -0.2) is 55.5 Å². The van der Waals surface area contributed by atoms with Gasteiger partial charge in [-0.15, -0.1) is 0 Å². The molecule has 0 saturated carbocycles. The fourth-order valence-electron chi connectivity index (χ4n) is 3.61. The first-order valence-electron chi connectivity index (χ1n) is 8.79. The number of nitrogens with zero attached hydrogens (tertiary/aromatic N) is 2. The molecule has 2 amide bonds. The third-order valence-corrected chi connectivity index (χ3v) is 5.07.